The first-order valence-corrected chi connectivity index (χ1v) is 7.82. The van der Waals surface area contributed by atoms with Gasteiger partial charge in [-0.05, 0) is 48.9 Å². The number of amides is 1. The Morgan fingerprint density at radius 3 is 2.60 bits per heavy atom. The third kappa shape index (κ3) is 5.66. The van der Waals surface area contributed by atoms with E-state index in [2.05, 4.69) is 5.32 Å². The zero-order valence-electron chi connectivity index (χ0n) is 13.8. The Kier molecular flexibility index (Phi) is 6.55. The highest BCUT2D eigenvalue weighted by atomic mass is 16.5. The van der Waals surface area contributed by atoms with E-state index in [-0.39, 0.29) is 0 Å². The molecular weight excluding hydrogens is 320 g/mol. The summed E-state index contributed by atoms with van der Waals surface area (Å²) in [5.41, 5.74) is 1.24. The Balaban J connectivity index is 1.84. The minimum atomic E-state index is -0.594. The smallest absolute Gasteiger partial charge is 0.338 e. The predicted molar refractivity (Wildman–Crippen MR) is 92.3 cm³/mol. The van der Waals surface area contributed by atoms with Crippen molar-refractivity contribution in [3.05, 3.63) is 59.7 Å². The number of nitriles is 1. The second-order valence-corrected chi connectivity index (χ2v) is 5.19. The van der Waals surface area contributed by atoms with E-state index in [1.807, 2.05) is 13.0 Å². The van der Waals surface area contributed by atoms with Crippen molar-refractivity contribution in [1.29, 1.82) is 5.26 Å². The van der Waals surface area contributed by atoms with Crippen LogP contribution in [0.5, 0.6) is 5.75 Å². The minimum absolute atomic E-state index is 0.336. The van der Waals surface area contributed by atoms with E-state index in [4.69, 9.17) is 14.7 Å². The lowest BCUT2D eigenvalue weighted by Gasteiger charge is -2.08. The van der Waals surface area contributed by atoms with Crippen LogP contribution in [0, 0.1) is 11.3 Å². The Labute approximate surface area is 146 Å². The van der Waals surface area contributed by atoms with Gasteiger partial charge in [-0.1, -0.05) is 13.0 Å². The van der Waals surface area contributed by atoms with Crippen molar-refractivity contribution in [3.8, 4) is 11.8 Å². The number of ether oxygens (including phenoxy) is 2. The molecule has 0 saturated heterocycles. The van der Waals surface area contributed by atoms with Crippen molar-refractivity contribution in [2.24, 2.45) is 0 Å². The number of carbonyl (C=O) groups excluding carboxylic acids is 2. The van der Waals surface area contributed by atoms with Crippen LogP contribution in [-0.4, -0.2) is 25.1 Å². The van der Waals surface area contributed by atoms with Gasteiger partial charge in [0.15, 0.2) is 6.61 Å². The van der Waals surface area contributed by atoms with E-state index in [1.165, 1.54) is 6.07 Å². The number of rotatable bonds is 7. The number of nitrogens with one attached hydrogen (secondary N) is 1. The second-order valence-electron chi connectivity index (χ2n) is 5.19. The molecule has 0 radical (unpaired) electrons. The van der Waals surface area contributed by atoms with Gasteiger partial charge in [0, 0.05) is 5.69 Å². The maximum Gasteiger partial charge on any atom is 0.338 e. The maximum atomic E-state index is 11.9. The average Bonchev–Trinajstić information content (AvgIpc) is 2.65. The summed E-state index contributed by atoms with van der Waals surface area (Å²) in [4.78, 5) is 23.8. The summed E-state index contributed by atoms with van der Waals surface area (Å²) in [6.45, 7) is 2.20. The van der Waals surface area contributed by atoms with Crippen LogP contribution >= 0.6 is 0 Å². The van der Waals surface area contributed by atoms with E-state index < -0.39 is 18.5 Å². The highest BCUT2D eigenvalue weighted by Crippen LogP contribution is 2.13. The molecule has 0 bridgehead atoms. The SMILES string of the molecule is CCCOc1ccc(C(=O)OCC(=O)Nc2cccc(C#N)c2)cc1. The molecule has 0 saturated carbocycles. The Bertz CT molecular complexity index is 779. The van der Waals surface area contributed by atoms with Gasteiger partial charge in [0.1, 0.15) is 5.75 Å². The Morgan fingerprint density at radius 1 is 1.16 bits per heavy atom. The molecule has 1 N–H and O–H groups in total. The second kappa shape index (κ2) is 9.08. The van der Waals surface area contributed by atoms with Crippen molar-refractivity contribution in [3.63, 3.8) is 0 Å². The molecule has 0 heterocycles. The van der Waals surface area contributed by atoms with Crippen LogP contribution in [-0.2, 0) is 9.53 Å². The van der Waals surface area contributed by atoms with Crippen LogP contribution in [0.3, 0.4) is 0 Å². The summed E-state index contributed by atoms with van der Waals surface area (Å²) in [5, 5.41) is 11.4. The summed E-state index contributed by atoms with van der Waals surface area (Å²) in [6.07, 6.45) is 0.899. The van der Waals surface area contributed by atoms with Gasteiger partial charge in [-0.3, -0.25) is 4.79 Å². The van der Waals surface area contributed by atoms with Gasteiger partial charge in [-0.25, -0.2) is 4.79 Å². The molecule has 2 rings (SSSR count). The third-order valence-electron chi connectivity index (χ3n) is 3.17. The monoisotopic (exact) mass is 338 g/mol. The molecule has 0 aliphatic carbocycles. The maximum absolute atomic E-state index is 11.9. The quantitative estimate of drug-likeness (QED) is 0.784. The summed E-state index contributed by atoms with van der Waals surface area (Å²) in [7, 11) is 0. The molecule has 0 aliphatic rings. The average molecular weight is 338 g/mol. The number of esters is 1. The number of hydrogen-bond acceptors (Lipinski definition) is 5. The Hall–Kier alpha value is -3.33. The number of benzene rings is 2. The third-order valence-corrected chi connectivity index (χ3v) is 3.17. The molecule has 25 heavy (non-hydrogen) atoms. The van der Waals surface area contributed by atoms with Crippen molar-refractivity contribution in [1.82, 2.24) is 0 Å². The fourth-order valence-corrected chi connectivity index (χ4v) is 1.99. The van der Waals surface area contributed by atoms with Crippen LogP contribution < -0.4 is 10.1 Å². The first-order valence-electron chi connectivity index (χ1n) is 7.82. The molecule has 0 spiro atoms. The van der Waals surface area contributed by atoms with Crippen molar-refractivity contribution in [2.75, 3.05) is 18.5 Å². The molecule has 0 aromatic heterocycles. The van der Waals surface area contributed by atoms with Gasteiger partial charge >= 0.3 is 5.97 Å². The van der Waals surface area contributed by atoms with Gasteiger partial charge in [-0.2, -0.15) is 5.26 Å². The molecule has 6 heteroatoms. The fraction of sp³-hybridized carbons (Fsp3) is 0.211. The molecule has 2 aromatic rings. The van der Waals surface area contributed by atoms with Crippen molar-refractivity contribution >= 4 is 17.6 Å². The molecule has 0 unspecified atom stereocenters. The fourth-order valence-electron chi connectivity index (χ4n) is 1.99. The number of nitrogens with zero attached hydrogens (tertiary/aromatic N) is 1. The zero-order valence-corrected chi connectivity index (χ0v) is 13.8. The van der Waals surface area contributed by atoms with Crippen LogP contribution in [0.2, 0.25) is 0 Å². The molecule has 6 nitrogen and oxygen atoms in total. The molecule has 0 fully saturated rings. The van der Waals surface area contributed by atoms with Gasteiger partial charge in [0.25, 0.3) is 5.91 Å². The van der Waals surface area contributed by atoms with Crippen LogP contribution in [0.1, 0.15) is 29.3 Å². The summed E-state index contributed by atoms with van der Waals surface area (Å²) < 4.78 is 10.4. The lowest BCUT2D eigenvalue weighted by molar-refractivity contribution is -0.119. The van der Waals surface area contributed by atoms with Crippen molar-refractivity contribution < 1.29 is 19.1 Å². The van der Waals surface area contributed by atoms with Gasteiger partial charge in [0.2, 0.25) is 0 Å². The predicted octanol–water partition coefficient (Wildman–Crippen LogP) is 3.14. The van der Waals surface area contributed by atoms with E-state index in [0.29, 0.717) is 29.2 Å². The topological polar surface area (TPSA) is 88.4 Å². The van der Waals surface area contributed by atoms with E-state index >= 15 is 0 Å². The minimum Gasteiger partial charge on any atom is -0.494 e. The van der Waals surface area contributed by atoms with Crippen LogP contribution in [0.4, 0.5) is 5.69 Å². The van der Waals surface area contributed by atoms with E-state index in [1.54, 1.807) is 42.5 Å². The molecule has 0 aliphatic heterocycles. The highest BCUT2D eigenvalue weighted by molar-refractivity contribution is 5.95. The first kappa shape index (κ1) is 18.0. The molecule has 1 amide bonds. The number of carbonyl (C=O) groups is 2. The normalized spacial score (nSPS) is 9.76. The first-order chi connectivity index (χ1) is 12.1. The summed E-state index contributed by atoms with van der Waals surface area (Å²) in [6, 6.07) is 15.0. The highest BCUT2D eigenvalue weighted by Gasteiger charge is 2.11. The lowest BCUT2D eigenvalue weighted by atomic mass is 10.2. The largest absolute Gasteiger partial charge is 0.494 e. The summed E-state index contributed by atoms with van der Waals surface area (Å²) >= 11 is 0. The summed E-state index contributed by atoms with van der Waals surface area (Å²) in [5.74, 6) is -0.400. The van der Waals surface area contributed by atoms with E-state index in [0.717, 1.165) is 6.42 Å². The lowest BCUT2D eigenvalue weighted by Crippen LogP contribution is -2.20. The van der Waals surface area contributed by atoms with Crippen LogP contribution in [0.25, 0.3) is 0 Å². The van der Waals surface area contributed by atoms with Crippen LogP contribution in [0.15, 0.2) is 48.5 Å². The molecular formula is C19H18N2O4. The van der Waals surface area contributed by atoms with Gasteiger partial charge in [-0.15, -0.1) is 0 Å². The van der Waals surface area contributed by atoms with Gasteiger partial charge < -0.3 is 14.8 Å². The standard InChI is InChI=1S/C19H18N2O4/c1-2-10-24-17-8-6-15(7-9-17)19(23)25-13-18(22)21-16-5-3-4-14(11-16)12-20/h3-9,11H,2,10,13H2,1H3,(H,21,22). The van der Waals surface area contributed by atoms with Crippen molar-refractivity contribution in [2.45, 2.75) is 13.3 Å². The Morgan fingerprint density at radius 2 is 1.92 bits per heavy atom. The molecule has 0 atom stereocenters. The molecule has 2 aromatic carbocycles. The number of anilines is 1. The number of hydrogen-bond donors (Lipinski definition) is 1. The zero-order chi connectivity index (χ0) is 18.1. The molecule has 128 valence electrons. The van der Waals surface area contributed by atoms with Gasteiger partial charge in [0.05, 0.1) is 23.8 Å². The van der Waals surface area contributed by atoms with E-state index in [9.17, 15) is 9.59 Å².